The Kier molecular flexibility index (Phi) is 6.75. The van der Waals surface area contributed by atoms with Crippen LogP contribution in [-0.2, 0) is 14.3 Å². The monoisotopic (exact) mass is 247 g/mol. The number of amides is 1. The summed E-state index contributed by atoms with van der Waals surface area (Å²) < 4.78 is 4.82. The van der Waals surface area contributed by atoms with Crippen LogP contribution in [0, 0.1) is 5.41 Å². The van der Waals surface area contributed by atoms with Crippen molar-refractivity contribution < 1.29 is 24.5 Å². The fourth-order valence-electron chi connectivity index (χ4n) is 1.53. The molecule has 0 aromatic carbocycles. The number of aliphatic carboxylic acids is 1. The van der Waals surface area contributed by atoms with Crippen LogP contribution in [0.4, 0.5) is 0 Å². The predicted molar refractivity (Wildman–Crippen MR) is 61.5 cm³/mol. The normalized spacial score (nSPS) is 13.2. The average Bonchev–Trinajstić information content (AvgIpc) is 2.13. The molecule has 17 heavy (non-hydrogen) atoms. The number of hydrogen-bond acceptors (Lipinski definition) is 4. The van der Waals surface area contributed by atoms with E-state index in [0.29, 0.717) is 0 Å². The van der Waals surface area contributed by atoms with Crippen molar-refractivity contribution in [3.63, 3.8) is 0 Å². The molecule has 0 fully saturated rings. The molecule has 0 saturated carbocycles. The van der Waals surface area contributed by atoms with E-state index in [-0.39, 0.29) is 32.0 Å². The van der Waals surface area contributed by atoms with Crippen LogP contribution in [0.2, 0.25) is 0 Å². The summed E-state index contributed by atoms with van der Waals surface area (Å²) in [6, 6.07) is -0.451. The van der Waals surface area contributed by atoms with Gasteiger partial charge in [0, 0.05) is 13.5 Å². The lowest BCUT2D eigenvalue weighted by Crippen LogP contribution is -2.42. The zero-order valence-electron chi connectivity index (χ0n) is 10.5. The molecule has 0 aliphatic carbocycles. The number of carbonyl (C=O) groups is 2. The lowest BCUT2D eigenvalue weighted by Gasteiger charge is -2.23. The van der Waals surface area contributed by atoms with E-state index < -0.39 is 17.4 Å². The van der Waals surface area contributed by atoms with Crippen molar-refractivity contribution in [1.82, 2.24) is 5.32 Å². The highest BCUT2D eigenvalue weighted by atomic mass is 16.5. The Morgan fingerprint density at radius 3 is 2.35 bits per heavy atom. The second-order valence-electron chi connectivity index (χ2n) is 4.81. The summed E-state index contributed by atoms with van der Waals surface area (Å²) in [5, 5.41) is 20.2. The Labute approximate surface area is 101 Å². The molecule has 3 N–H and O–H groups in total. The molecule has 0 radical (unpaired) electrons. The third-order valence-corrected chi connectivity index (χ3v) is 2.22. The quantitative estimate of drug-likeness (QED) is 0.561. The fraction of sp³-hybridized carbons (Fsp3) is 0.818. The minimum absolute atomic E-state index is 0.0749. The van der Waals surface area contributed by atoms with Gasteiger partial charge in [0.05, 0.1) is 25.7 Å². The second-order valence-corrected chi connectivity index (χ2v) is 4.81. The standard InChI is InChI=1S/C11H21NO5/c1-11(2,5-10(15)16)4-9(14)12-8(6-13)7-17-3/h8,13H,4-7H2,1-3H3,(H,12,14)(H,15,16). The maximum Gasteiger partial charge on any atom is 0.303 e. The van der Waals surface area contributed by atoms with Gasteiger partial charge in [-0.05, 0) is 5.41 Å². The molecule has 1 amide bonds. The number of carbonyl (C=O) groups excluding carboxylic acids is 1. The van der Waals surface area contributed by atoms with E-state index in [0.717, 1.165) is 0 Å². The first kappa shape index (κ1) is 15.9. The van der Waals surface area contributed by atoms with Gasteiger partial charge in [0.1, 0.15) is 0 Å². The third-order valence-electron chi connectivity index (χ3n) is 2.22. The van der Waals surface area contributed by atoms with Crippen molar-refractivity contribution in [3.05, 3.63) is 0 Å². The molecule has 6 heteroatoms. The van der Waals surface area contributed by atoms with Gasteiger partial charge in [-0.2, -0.15) is 0 Å². The Hall–Kier alpha value is -1.14. The van der Waals surface area contributed by atoms with Gasteiger partial charge >= 0.3 is 5.97 Å². The largest absolute Gasteiger partial charge is 0.481 e. The van der Waals surface area contributed by atoms with Crippen molar-refractivity contribution in [2.24, 2.45) is 5.41 Å². The number of nitrogens with one attached hydrogen (secondary N) is 1. The zero-order valence-corrected chi connectivity index (χ0v) is 10.5. The highest BCUT2D eigenvalue weighted by Crippen LogP contribution is 2.24. The van der Waals surface area contributed by atoms with Gasteiger partial charge in [0.25, 0.3) is 0 Å². The number of aliphatic hydroxyl groups is 1. The van der Waals surface area contributed by atoms with Crippen LogP contribution in [0.15, 0.2) is 0 Å². The van der Waals surface area contributed by atoms with Gasteiger partial charge in [-0.3, -0.25) is 9.59 Å². The first-order chi connectivity index (χ1) is 7.80. The van der Waals surface area contributed by atoms with Crippen LogP contribution < -0.4 is 5.32 Å². The Morgan fingerprint density at radius 2 is 1.94 bits per heavy atom. The van der Waals surface area contributed by atoms with E-state index in [9.17, 15) is 9.59 Å². The molecule has 1 unspecified atom stereocenters. The van der Waals surface area contributed by atoms with Crippen molar-refractivity contribution in [1.29, 1.82) is 0 Å². The lowest BCUT2D eigenvalue weighted by molar-refractivity contribution is -0.139. The van der Waals surface area contributed by atoms with E-state index in [1.165, 1.54) is 7.11 Å². The summed E-state index contributed by atoms with van der Waals surface area (Å²) >= 11 is 0. The van der Waals surface area contributed by atoms with E-state index in [2.05, 4.69) is 5.32 Å². The smallest absolute Gasteiger partial charge is 0.303 e. The van der Waals surface area contributed by atoms with Gasteiger partial charge < -0.3 is 20.3 Å². The predicted octanol–water partition coefficient (Wildman–Crippen LogP) is 0.000900. The topological polar surface area (TPSA) is 95.9 Å². The molecule has 0 aliphatic heterocycles. The van der Waals surface area contributed by atoms with Crippen LogP contribution in [-0.4, -0.2) is 48.5 Å². The van der Waals surface area contributed by atoms with E-state index in [1.54, 1.807) is 13.8 Å². The Balaban J connectivity index is 4.19. The Morgan fingerprint density at radius 1 is 1.35 bits per heavy atom. The summed E-state index contributed by atoms with van der Waals surface area (Å²) in [7, 11) is 1.48. The van der Waals surface area contributed by atoms with Gasteiger partial charge in [-0.25, -0.2) is 0 Å². The minimum Gasteiger partial charge on any atom is -0.481 e. The molecule has 1 atom stereocenters. The van der Waals surface area contributed by atoms with Crippen molar-refractivity contribution in [2.75, 3.05) is 20.3 Å². The van der Waals surface area contributed by atoms with Gasteiger partial charge in [0.2, 0.25) is 5.91 Å². The molecule has 6 nitrogen and oxygen atoms in total. The van der Waals surface area contributed by atoms with E-state index in [4.69, 9.17) is 14.9 Å². The third kappa shape index (κ3) is 7.70. The fourth-order valence-corrected chi connectivity index (χ4v) is 1.53. The summed E-state index contributed by atoms with van der Waals surface area (Å²) in [4.78, 5) is 22.2. The highest BCUT2D eigenvalue weighted by Gasteiger charge is 2.26. The number of rotatable bonds is 8. The molecular formula is C11H21NO5. The van der Waals surface area contributed by atoms with Gasteiger partial charge in [-0.1, -0.05) is 13.8 Å². The number of aliphatic hydroxyl groups excluding tert-OH is 1. The first-order valence-corrected chi connectivity index (χ1v) is 5.41. The number of methoxy groups -OCH3 is 1. The highest BCUT2D eigenvalue weighted by molar-refractivity contribution is 5.78. The molecule has 0 aromatic heterocycles. The number of carboxylic acids is 1. The maximum absolute atomic E-state index is 11.6. The molecule has 0 heterocycles. The lowest BCUT2D eigenvalue weighted by atomic mass is 9.85. The molecule has 0 rings (SSSR count). The van der Waals surface area contributed by atoms with Crippen LogP contribution in [0.1, 0.15) is 26.7 Å². The molecule has 0 bridgehead atoms. The number of ether oxygens (including phenoxy) is 1. The number of carboxylic acid groups (broad SMARTS) is 1. The first-order valence-electron chi connectivity index (χ1n) is 5.41. The molecule has 0 aromatic rings. The Bertz CT molecular complexity index is 265. The van der Waals surface area contributed by atoms with Gasteiger partial charge in [0.15, 0.2) is 0 Å². The van der Waals surface area contributed by atoms with Crippen LogP contribution >= 0.6 is 0 Å². The van der Waals surface area contributed by atoms with Crippen molar-refractivity contribution >= 4 is 11.9 Å². The van der Waals surface area contributed by atoms with Crippen molar-refractivity contribution in [3.8, 4) is 0 Å². The molecule has 0 spiro atoms. The maximum atomic E-state index is 11.6. The summed E-state index contributed by atoms with van der Waals surface area (Å²) in [6.07, 6.45) is 0.0218. The van der Waals surface area contributed by atoms with Gasteiger partial charge in [-0.15, -0.1) is 0 Å². The van der Waals surface area contributed by atoms with Crippen LogP contribution in [0.5, 0.6) is 0 Å². The van der Waals surface area contributed by atoms with Crippen molar-refractivity contribution in [2.45, 2.75) is 32.7 Å². The zero-order chi connectivity index (χ0) is 13.5. The minimum atomic E-state index is -0.932. The molecule has 0 aliphatic rings. The summed E-state index contributed by atoms with van der Waals surface area (Å²) in [5.74, 6) is -1.22. The number of hydrogen-bond donors (Lipinski definition) is 3. The molecule has 100 valence electrons. The van der Waals surface area contributed by atoms with E-state index >= 15 is 0 Å². The molecule has 0 saturated heterocycles. The second kappa shape index (κ2) is 7.24. The van der Waals surface area contributed by atoms with Crippen LogP contribution in [0.25, 0.3) is 0 Å². The summed E-state index contributed by atoms with van der Waals surface area (Å²) in [5.41, 5.74) is -0.608. The van der Waals surface area contributed by atoms with E-state index in [1.807, 2.05) is 0 Å². The van der Waals surface area contributed by atoms with Crippen LogP contribution in [0.3, 0.4) is 0 Å². The SMILES string of the molecule is COCC(CO)NC(=O)CC(C)(C)CC(=O)O. The molecular weight excluding hydrogens is 226 g/mol. The average molecular weight is 247 g/mol. The summed E-state index contributed by atoms with van der Waals surface area (Å²) in [6.45, 7) is 3.44.